The van der Waals surface area contributed by atoms with Crippen LogP contribution in [-0.2, 0) is 4.79 Å². The number of likely N-dealkylation sites (N-methyl/N-ethyl adjacent to an activating group) is 2. The molecule has 3 rings (SSSR count). The fourth-order valence-corrected chi connectivity index (χ4v) is 3.02. The second kappa shape index (κ2) is 5.00. The molecule has 23 heavy (non-hydrogen) atoms. The number of amidine groups is 1. The molecule has 2 unspecified atom stereocenters. The van der Waals surface area contributed by atoms with Crippen molar-refractivity contribution in [2.75, 3.05) is 20.6 Å². The molecule has 3 heterocycles. The zero-order valence-corrected chi connectivity index (χ0v) is 14.1. The number of hydrazone groups is 1. The Labute approximate surface area is 135 Å². The first-order chi connectivity index (χ1) is 10.7. The smallest absolute Gasteiger partial charge is 0.270 e. The van der Waals surface area contributed by atoms with E-state index >= 15 is 0 Å². The molecule has 3 aliphatic rings. The Bertz CT molecular complexity index is 719. The van der Waals surface area contributed by atoms with Crippen LogP contribution < -0.4 is 0 Å². The molecule has 3 aliphatic heterocycles. The number of rotatable bonds is 2. The van der Waals surface area contributed by atoms with Gasteiger partial charge in [-0.05, 0) is 26.3 Å². The molecule has 0 aromatic heterocycles. The summed E-state index contributed by atoms with van der Waals surface area (Å²) in [6, 6.07) is -1.04. The number of carbonyl (C=O) groups is 2. The molecule has 0 aliphatic carbocycles. The van der Waals surface area contributed by atoms with E-state index in [4.69, 9.17) is 0 Å². The number of guanidine groups is 1. The van der Waals surface area contributed by atoms with E-state index in [1.807, 2.05) is 25.3 Å². The second-order valence-corrected chi connectivity index (χ2v) is 6.25. The summed E-state index contributed by atoms with van der Waals surface area (Å²) in [5, 5.41) is 6.31. The lowest BCUT2D eigenvalue weighted by Crippen LogP contribution is -2.63. The number of hydrogen-bond acceptors (Lipinski definition) is 5. The number of urea groups is 1. The van der Waals surface area contributed by atoms with Crippen molar-refractivity contribution in [3.05, 3.63) is 12.2 Å². The summed E-state index contributed by atoms with van der Waals surface area (Å²) in [5.41, 5.74) is 1.83. The van der Waals surface area contributed by atoms with Gasteiger partial charge in [-0.3, -0.25) is 14.6 Å². The van der Waals surface area contributed by atoms with Crippen molar-refractivity contribution in [3.63, 3.8) is 0 Å². The summed E-state index contributed by atoms with van der Waals surface area (Å²) in [6.07, 6.45) is 0. The summed E-state index contributed by atoms with van der Waals surface area (Å²) >= 11 is 0. The molecule has 0 aromatic carbocycles. The van der Waals surface area contributed by atoms with Gasteiger partial charge in [0, 0.05) is 14.1 Å². The van der Waals surface area contributed by atoms with Crippen LogP contribution in [0.5, 0.6) is 0 Å². The first kappa shape index (κ1) is 15.4. The topological polar surface area (TPSA) is 71.6 Å². The first-order valence-electron chi connectivity index (χ1n) is 7.50. The number of hydrogen-bond donors (Lipinski definition) is 0. The van der Waals surface area contributed by atoms with Gasteiger partial charge < -0.3 is 0 Å². The number of aliphatic imine (C=N–C) groups is 1. The van der Waals surface area contributed by atoms with Crippen LogP contribution in [0.15, 0.2) is 22.2 Å². The van der Waals surface area contributed by atoms with Gasteiger partial charge in [-0.1, -0.05) is 11.6 Å². The molecule has 0 bridgehead atoms. The largest absolute Gasteiger partial charge is 0.417 e. The third kappa shape index (κ3) is 2.08. The zero-order valence-electron chi connectivity index (χ0n) is 14.1. The molecule has 0 radical (unpaired) electrons. The lowest BCUT2D eigenvalue weighted by Gasteiger charge is -2.33. The standard InChI is InChI=1S/C15H21N6O2/c1-8(2)7-20-14-16-12-11(21(14)10(4)9(3)17-20)13(22)19(6)15(23)18(12)5/h10-11H,1,7H2,2-6H3/q+1. The van der Waals surface area contributed by atoms with Gasteiger partial charge in [-0.25, -0.2) is 9.37 Å². The predicted octanol–water partition coefficient (Wildman–Crippen LogP) is 0.316. The van der Waals surface area contributed by atoms with E-state index in [0.29, 0.717) is 18.3 Å². The molecule has 8 heteroatoms. The molecule has 0 spiro atoms. The van der Waals surface area contributed by atoms with Gasteiger partial charge in [0.25, 0.3) is 5.91 Å². The van der Waals surface area contributed by atoms with Gasteiger partial charge in [0.05, 0.1) is 5.71 Å². The maximum Gasteiger partial charge on any atom is 0.417 e. The van der Waals surface area contributed by atoms with Crippen molar-refractivity contribution < 1.29 is 14.2 Å². The van der Waals surface area contributed by atoms with Gasteiger partial charge in [0.2, 0.25) is 11.9 Å². The van der Waals surface area contributed by atoms with Crippen molar-refractivity contribution in [3.8, 4) is 0 Å². The van der Waals surface area contributed by atoms with Crippen LogP contribution in [-0.4, -0.2) is 81.6 Å². The van der Waals surface area contributed by atoms with Crippen molar-refractivity contribution in [2.45, 2.75) is 32.9 Å². The van der Waals surface area contributed by atoms with Crippen LogP contribution in [0.2, 0.25) is 0 Å². The number of amides is 3. The quantitative estimate of drug-likeness (QED) is 0.544. The summed E-state index contributed by atoms with van der Waals surface area (Å²) in [5.74, 6) is 0.782. The maximum absolute atomic E-state index is 12.7. The Morgan fingerprint density at radius 3 is 2.57 bits per heavy atom. The van der Waals surface area contributed by atoms with Crippen LogP contribution in [0.1, 0.15) is 20.8 Å². The molecule has 1 saturated heterocycles. The molecule has 0 aromatic rings. The number of fused-ring (bicyclic) bond motifs is 2. The van der Waals surface area contributed by atoms with Gasteiger partial charge in [-0.2, -0.15) is 0 Å². The number of carbonyl (C=O) groups excluding carboxylic acids is 2. The van der Waals surface area contributed by atoms with Crippen LogP contribution in [0, 0.1) is 0 Å². The highest BCUT2D eigenvalue weighted by molar-refractivity contribution is 6.23. The third-order valence-corrected chi connectivity index (χ3v) is 4.40. The fraction of sp³-hybridized carbons (Fsp3) is 0.533. The Kier molecular flexibility index (Phi) is 3.35. The van der Waals surface area contributed by atoms with E-state index in [-0.39, 0.29) is 18.0 Å². The van der Waals surface area contributed by atoms with Crippen molar-refractivity contribution in [1.82, 2.24) is 14.8 Å². The summed E-state index contributed by atoms with van der Waals surface area (Å²) in [4.78, 5) is 32.0. The Morgan fingerprint density at radius 1 is 1.30 bits per heavy atom. The van der Waals surface area contributed by atoms with E-state index in [0.717, 1.165) is 16.2 Å². The second-order valence-electron chi connectivity index (χ2n) is 6.25. The molecule has 1 fully saturated rings. The van der Waals surface area contributed by atoms with Crippen molar-refractivity contribution in [2.24, 2.45) is 10.1 Å². The van der Waals surface area contributed by atoms with Crippen LogP contribution in [0.3, 0.4) is 0 Å². The lowest BCUT2D eigenvalue weighted by molar-refractivity contribution is -0.559. The van der Waals surface area contributed by atoms with E-state index in [9.17, 15) is 9.59 Å². The van der Waals surface area contributed by atoms with E-state index in [1.54, 1.807) is 12.1 Å². The SMILES string of the molecule is C=C(C)CN1N=C(C)C(C)[N+]2=C1N=C1C2C(=O)N(C)C(=O)N1C. The third-order valence-electron chi connectivity index (χ3n) is 4.40. The van der Waals surface area contributed by atoms with Crippen molar-refractivity contribution >= 4 is 29.4 Å². The lowest BCUT2D eigenvalue weighted by atomic mass is 10.1. The summed E-state index contributed by atoms with van der Waals surface area (Å²) < 4.78 is 1.93. The van der Waals surface area contributed by atoms with Crippen LogP contribution >= 0.6 is 0 Å². The fourth-order valence-electron chi connectivity index (χ4n) is 3.02. The molecular weight excluding hydrogens is 296 g/mol. The monoisotopic (exact) mass is 317 g/mol. The molecule has 0 saturated carbocycles. The average Bonchev–Trinajstić information content (AvgIpc) is 2.88. The molecule has 8 nitrogen and oxygen atoms in total. The Morgan fingerprint density at radius 2 is 1.96 bits per heavy atom. The molecule has 0 N–H and O–H groups in total. The number of imide groups is 1. The van der Waals surface area contributed by atoms with Crippen molar-refractivity contribution in [1.29, 1.82) is 0 Å². The highest BCUT2D eigenvalue weighted by atomic mass is 16.2. The molecule has 122 valence electrons. The van der Waals surface area contributed by atoms with Gasteiger partial charge in [-0.15, -0.1) is 10.1 Å². The summed E-state index contributed by atoms with van der Waals surface area (Å²) in [6.45, 7) is 10.3. The average molecular weight is 317 g/mol. The Balaban J connectivity index is 2.10. The van der Waals surface area contributed by atoms with Gasteiger partial charge in [0.1, 0.15) is 12.6 Å². The minimum atomic E-state index is -0.592. The normalized spacial score (nSPS) is 27.1. The summed E-state index contributed by atoms with van der Waals surface area (Å²) in [7, 11) is 3.13. The zero-order chi connectivity index (χ0) is 17.0. The molecule has 3 amide bonds. The first-order valence-corrected chi connectivity index (χ1v) is 7.50. The Hall–Kier alpha value is -2.51. The minimum absolute atomic E-state index is 0.0726. The maximum atomic E-state index is 12.7. The van der Waals surface area contributed by atoms with Crippen LogP contribution in [0.25, 0.3) is 0 Å². The van der Waals surface area contributed by atoms with E-state index in [1.165, 1.54) is 11.9 Å². The predicted molar refractivity (Wildman–Crippen MR) is 86.5 cm³/mol. The minimum Gasteiger partial charge on any atom is -0.270 e. The molecular formula is C15H21N6O2+. The number of nitrogens with zero attached hydrogens (tertiary/aromatic N) is 6. The van der Waals surface area contributed by atoms with Gasteiger partial charge in [0.15, 0.2) is 0 Å². The highest BCUT2D eigenvalue weighted by Crippen LogP contribution is 2.24. The van der Waals surface area contributed by atoms with Gasteiger partial charge >= 0.3 is 12.0 Å². The highest BCUT2D eigenvalue weighted by Gasteiger charge is 2.55. The van der Waals surface area contributed by atoms with E-state index in [2.05, 4.69) is 16.7 Å². The van der Waals surface area contributed by atoms with E-state index < -0.39 is 6.04 Å². The molecule has 2 atom stereocenters. The van der Waals surface area contributed by atoms with Crippen LogP contribution in [0.4, 0.5) is 4.79 Å².